The van der Waals surface area contributed by atoms with Crippen LogP contribution in [0.5, 0.6) is 0 Å². The number of benzene rings is 2. The molecule has 0 radical (unpaired) electrons. The Balaban J connectivity index is 2.17. The molecule has 0 atom stereocenters. The highest BCUT2D eigenvalue weighted by Gasteiger charge is 2.10. The van der Waals surface area contributed by atoms with Crippen LogP contribution in [0.4, 0.5) is 0 Å². The van der Waals surface area contributed by atoms with Crippen LogP contribution in [0.2, 0.25) is 0 Å². The van der Waals surface area contributed by atoms with Crippen molar-refractivity contribution in [2.45, 2.75) is 0 Å². The molecule has 0 spiro atoms. The van der Waals surface area contributed by atoms with Gasteiger partial charge in [0.2, 0.25) is 0 Å². The summed E-state index contributed by atoms with van der Waals surface area (Å²) < 4.78 is 4.54. The van der Waals surface area contributed by atoms with E-state index in [1.165, 1.54) is 0 Å². The molecule has 0 saturated carbocycles. The second kappa shape index (κ2) is 5.78. The highest BCUT2D eigenvalue weighted by molar-refractivity contribution is 5.99. The first kappa shape index (κ1) is 12.8. The monoisotopic (exact) mass is 252 g/mol. The molecule has 3 heteroatoms. The van der Waals surface area contributed by atoms with Gasteiger partial charge in [0, 0.05) is 6.08 Å². The zero-order valence-corrected chi connectivity index (χ0v) is 10.2. The van der Waals surface area contributed by atoms with Crippen LogP contribution >= 0.6 is 0 Å². The average molecular weight is 252 g/mol. The van der Waals surface area contributed by atoms with Gasteiger partial charge in [0.1, 0.15) is 0 Å². The van der Waals surface area contributed by atoms with Crippen molar-refractivity contribution >= 4 is 11.9 Å². The molecule has 2 aromatic rings. The molecule has 94 valence electrons. The molecule has 0 unspecified atom stereocenters. The van der Waals surface area contributed by atoms with Gasteiger partial charge in [-0.15, -0.1) is 0 Å². The molecular formula is C16H12O3. The zero-order valence-electron chi connectivity index (χ0n) is 10.2. The summed E-state index contributed by atoms with van der Waals surface area (Å²) in [5.74, 6) is -1.43. The van der Waals surface area contributed by atoms with Crippen molar-refractivity contribution in [2.24, 2.45) is 0 Å². The first-order valence-corrected chi connectivity index (χ1v) is 5.75. The predicted molar refractivity (Wildman–Crippen MR) is 72.5 cm³/mol. The van der Waals surface area contributed by atoms with E-state index in [0.29, 0.717) is 5.56 Å². The molecular weight excluding hydrogens is 240 g/mol. The molecule has 0 aliphatic carbocycles. The summed E-state index contributed by atoms with van der Waals surface area (Å²) in [6.07, 6.45) is 0.955. The summed E-state index contributed by atoms with van der Waals surface area (Å²) in [6.45, 7) is 3.23. The number of hydrogen-bond donors (Lipinski definition) is 0. The fourth-order valence-corrected chi connectivity index (χ4v) is 1.62. The smallest absolute Gasteiger partial charge is 0.346 e. The second-order valence-electron chi connectivity index (χ2n) is 3.86. The fourth-order valence-electron chi connectivity index (χ4n) is 1.62. The number of rotatable bonds is 3. The van der Waals surface area contributed by atoms with E-state index in [-0.39, 0.29) is 0 Å². The lowest BCUT2D eigenvalue weighted by Crippen LogP contribution is -2.09. The maximum Gasteiger partial charge on any atom is 0.346 e. The summed E-state index contributed by atoms with van der Waals surface area (Å²) in [7, 11) is 0. The lowest BCUT2D eigenvalue weighted by atomic mass is 10.0. The summed E-state index contributed by atoms with van der Waals surface area (Å²) >= 11 is 0. The van der Waals surface area contributed by atoms with Crippen LogP contribution in [0, 0.1) is 0 Å². The van der Waals surface area contributed by atoms with Crippen LogP contribution in [0.1, 0.15) is 10.4 Å². The van der Waals surface area contributed by atoms with Gasteiger partial charge in [-0.1, -0.05) is 49.0 Å². The van der Waals surface area contributed by atoms with Crippen molar-refractivity contribution in [3.63, 3.8) is 0 Å². The Morgan fingerprint density at radius 1 is 0.895 bits per heavy atom. The largest absolute Gasteiger partial charge is 0.386 e. The topological polar surface area (TPSA) is 43.4 Å². The third kappa shape index (κ3) is 3.16. The lowest BCUT2D eigenvalue weighted by Gasteiger charge is -2.03. The maximum absolute atomic E-state index is 11.6. The molecule has 2 rings (SSSR count). The molecule has 0 fully saturated rings. The van der Waals surface area contributed by atoms with Gasteiger partial charge in [-0.25, -0.2) is 9.59 Å². The van der Waals surface area contributed by atoms with E-state index in [2.05, 4.69) is 11.3 Å². The van der Waals surface area contributed by atoms with E-state index in [1.807, 2.05) is 42.5 Å². The van der Waals surface area contributed by atoms with Gasteiger partial charge in [0.15, 0.2) is 0 Å². The summed E-state index contributed by atoms with van der Waals surface area (Å²) in [5, 5.41) is 0. The number of carbonyl (C=O) groups is 2. The van der Waals surface area contributed by atoms with Gasteiger partial charge >= 0.3 is 11.9 Å². The fraction of sp³-hybridized carbons (Fsp3) is 0. The Labute approximate surface area is 111 Å². The van der Waals surface area contributed by atoms with Crippen molar-refractivity contribution in [3.05, 3.63) is 72.8 Å². The molecule has 0 saturated heterocycles. The maximum atomic E-state index is 11.6. The minimum absolute atomic E-state index is 0.329. The molecule has 0 N–H and O–H groups in total. The van der Waals surface area contributed by atoms with E-state index in [0.717, 1.165) is 17.2 Å². The first-order valence-electron chi connectivity index (χ1n) is 5.75. The van der Waals surface area contributed by atoms with Gasteiger partial charge in [0.05, 0.1) is 5.56 Å². The summed E-state index contributed by atoms with van der Waals surface area (Å²) in [4.78, 5) is 22.5. The van der Waals surface area contributed by atoms with E-state index in [4.69, 9.17) is 0 Å². The molecule has 0 aliphatic rings. The minimum Gasteiger partial charge on any atom is -0.386 e. The van der Waals surface area contributed by atoms with Crippen LogP contribution in [0.3, 0.4) is 0 Å². The van der Waals surface area contributed by atoms with E-state index >= 15 is 0 Å². The quantitative estimate of drug-likeness (QED) is 0.478. The average Bonchev–Trinajstić information content (AvgIpc) is 2.48. The molecule has 0 aromatic heterocycles. The van der Waals surface area contributed by atoms with E-state index in [1.54, 1.807) is 12.1 Å². The molecule has 0 bridgehead atoms. The highest BCUT2D eigenvalue weighted by atomic mass is 16.6. The minimum atomic E-state index is -0.753. The third-order valence-corrected chi connectivity index (χ3v) is 2.59. The molecule has 0 amide bonds. The standard InChI is InChI=1S/C16H12O3/c1-2-15(17)19-16(18)14-10-8-13(9-11-14)12-6-4-3-5-7-12/h2-11H,1H2. The van der Waals surface area contributed by atoms with Crippen molar-refractivity contribution in [1.82, 2.24) is 0 Å². The van der Waals surface area contributed by atoms with Crippen molar-refractivity contribution < 1.29 is 14.3 Å². The van der Waals surface area contributed by atoms with Crippen molar-refractivity contribution in [1.29, 1.82) is 0 Å². The van der Waals surface area contributed by atoms with Gasteiger partial charge in [-0.3, -0.25) is 0 Å². The van der Waals surface area contributed by atoms with Gasteiger partial charge < -0.3 is 4.74 Å². The molecule has 19 heavy (non-hydrogen) atoms. The lowest BCUT2D eigenvalue weighted by molar-refractivity contribution is -0.132. The predicted octanol–water partition coefficient (Wildman–Crippen LogP) is 3.22. The zero-order chi connectivity index (χ0) is 13.7. The Morgan fingerprint density at radius 2 is 1.47 bits per heavy atom. The normalized spacial score (nSPS) is 9.68. The third-order valence-electron chi connectivity index (χ3n) is 2.59. The summed E-state index contributed by atoms with van der Waals surface area (Å²) in [6, 6.07) is 16.7. The Morgan fingerprint density at radius 3 is 2.05 bits per heavy atom. The molecule has 0 aliphatic heterocycles. The number of ether oxygens (including phenoxy) is 1. The van der Waals surface area contributed by atoms with E-state index in [9.17, 15) is 9.59 Å². The van der Waals surface area contributed by atoms with Gasteiger partial charge in [-0.2, -0.15) is 0 Å². The highest BCUT2D eigenvalue weighted by Crippen LogP contribution is 2.19. The van der Waals surface area contributed by atoms with Crippen LogP contribution in [-0.4, -0.2) is 11.9 Å². The Kier molecular flexibility index (Phi) is 3.88. The van der Waals surface area contributed by atoms with Crippen LogP contribution in [-0.2, 0) is 9.53 Å². The number of esters is 2. The second-order valence-corrected chi connectivity index (χ2v) is 3.86. The van der Waals surface area contributed by atoms with Crippen LogP contribution in [0.25, 0.3) is 11.1 Å². The Hall–Kier alpha value is -2.68. The molecule has 0 heterocycles. The molecule has 3 nitrogen and oxygen atoms in total. The van der Waals surface area contributed by atoms with Gasteiger partial charge in [0.25, 0.3) is 0 Å². The van der Waals surface area contributed by atoms with E-state index < -0.39 is 11.9 Å². The number of hydrogen-bond acceptors (Lipinski definition) is 3. The van der Waals surface area contributed by atoms with Gasteiger partial charge in [-0.05, 0) is 23.3 Å². The van der Waals surface area contributed by atoms with Crippen LogP contribution in [0.15, 0.2) is 67.3 Å². The molecule has 2 aromatic carbocycles. The van der Waals surface area contributed by atoms with Crippen molar-refractivity contribution in [2.75, 3.05) is 0 Å². The Bertz CT molecular complexity index is 598. The number of carbonyl (C=O) groups excluding carboxylic acids is 2. The summed E-state index contributed by atoms with van der Waals surface area (Å²) in [5.41, 5.74) is 2.38. The van der Waals surface area contributed by atoms with Crippen LogP contribution < -0.4 is 0 Å². The van der Waals surface area contributed by atoms with Crippen molar-refractivity contribution in [3.8, 4) is 11.1 Å². The SMILES string of the molecule is C=CC(=O)OC(=O)c1ccc(-c2ccccc2)cc1. The first-order chi connectivity index (χ1) is 9.20.